The van der Waals surface area contributed by atoms with Crippen molar-refractivity contribution < 1.29 is 49.6 Å². The van der Waals surface area contributed by atoms with Crippen molar-refractivity contribution in [2.24, 2.45) is 0 Å². The van der Waals surface area contributed by atoms with Gasteiger partial charge in [-0.25, -0.2) is 0 Å². The first kappa shape index (κ1) is 21.3. The Kier molecular flexibility index (Phi) is 5.50. The van der Waals surface area contributed by atoms with Gasteiger partial charge in [-0.05, 0) is 24.6 Å². The predicted molar refractivity (Wildman–Crippen MR) is 103 cm³/mol. The summed E-state index contributed by atoms with van der Waals surface area (Å²) in [6, 6.07) is 7.90. The quantitative estimate of drug-likeness (QED) is 0.396. The van der Waals surface area contributed by atoms with Gasteiger partial charge in [0.1, 0.15) is 46.9 Å². The lowest BCUT2D eigenvalue weighted by Crippen LogP contribution is -2.59. The fourth-order valence-corrected chi connectivity index (χ4v) is 3.72. The molecule has 2 aromatic carbocycles. The molecule has 4 rings (SSSR count). The van der Waals surface area contributed by atoms with Gasteiger partial charge in [0.05, 0.1) is 6.10 Å². The summed E-state index contributed by atoms with van der Waals surface area (Å²) in [5, 5.41) is 59.8. The van der Waals surface area contributed by atoms with Crippen molar-refractivity contribution in [3.63, 3.8) is 0 Å². The van der Waals surface area contributed by atoms with Gasteiger partial charge in [-0.1, -0.05) is 12.1 Å². The zero-order chi connectivity index (χ0) is 22.4. The lowest BCUT2D eigenvalue weighted by atomic mass is 9.92. The molecule has 2 aromatic rings. The third-order valence-corrected chi connectivity index (χ3v) is 5.41. The van der Waals surface area contributed by atoms with Crippen molar-refractivity contribution in [2.75, 3.05) is 0 Å². The van der Waals surface area contributed by atoms with Crippen LogP contribution in [-0.2, 0) is 9.47 Å². The number of carbonyl (C=O) groups is 1. The van der Waals surface area contributed by atoms with Crippen LogP contribution in [0.3, 0.4) is 0 Å². The molecule has 0 bridgehead atoms. The molecule has 6 N–H and O–H groups in total. The molecule has 0 aliphatic carbocycles. The van der Waals surface area contributed by atoms with Crippen LogP contribution in [0.4, 0.5) is 0 Å². The average Bonchev–Trinajstić information content (AvgIpc) is 2.72. The Morgan fingerprint density at radius 2 is 1.58 bits per heavy atom. The molecule has 2 aliphatic heterocycles. The topological polar surface area (TPSA) is 166 Å². The second-order valence-electron chi connectivity index (χ2n) is 7.57. The maximum absolute atomic E-state index is 13.3. The van der Waals surface area contributed by atoms with E-state index in [-0.39, 0.29) is 22.8 Å². The van der Waals surface area contributed by atoms with Crippen LogP contribution in [0.2, 0.25) is 0 Å². The number of aliphatic hydroxyl groups is 3. The zero-order valence-corrected chi connectivity index (χ0v) is 16.3. The summed E-state index contributed by atoms with van der Waals surface area (Å²) in [4.78, 5) is 13.3. The summed E-state index contributed by atoms with van der Waals surface area (Å²) in [6.07, 6.45) is -9.49. The number of ketones is 1. The molecule has 10 nitrogen and oxygen atoms in total. The minimum Gasteiger partial charge on any atom is -0.508 e. The van der Waals surface area contributed by atoms with Crippen molar-refractivity contribution >= 4 is 5.78 Å². The average molecular weight is 434 g/mol. The highest BCUT2D eigenvalue weighted by molar-refractivity contribution is 6.05. The number of ether oxygens (including phenoxy) is 3. The van der Waals surface area contributed by atoms with Crippen LogP contribution in [0.5, 0.6) is 23.0 Å². The van der Waals surface area contributed by atoms with Gasteiger partial charge >= 0.3 is 0 Å². The Hall–Kier alpha value is -2.89. The van der Waals surface area contributed by atoms with E-state index in [0.29, 0.717) is 5.56 Å². The van der Waals surface area contributed by atoms with E-state index in [1.807, 2.05) is 0 Å². The molecule has 7 atom stereocenters. The maximum Gasteiger partial charge on any atom is 0.203 e. The molecule has 0 saturated carbocycles. The lowest BCUT2D eigenvalue weighted by Gasteiger charge is -2.42. The molecule has 1 fully saturated rings. The minimum absolute atomic E-state index is 0.0176. The summed E-state index contributed by atoms with van der Waals surface area (Å²) in [5.74, 6) is -1.64. The van der Waals surface area contributed by atoms with Crippen molar-refractivity contribution in [3.05, 3.63) is 47.5 Å². The summed E-state index contributed by atoms with van der Waals surface area (Å²) >= 11 is 0. The number of phenols is 3. The normalized spacial score (nSPS) is 32.9. The van der Waals surface area contributed by atoms with Crippen molar-refractivity contribution in [1.29, 1.82) is 0 Å². The Morgan fingerprint density at radius 1 is 0.903 bits per heavy atom. The number of hydrogen-bond donors (Lipinski definition) is 6. The first-order valence-electron chi connectivity index (χ1n) is 9.58. The molecule has 0 aromatic heterocycles. The Balaban J connectivity index is 1.73. The SMILES string of the molecule is C[C@H]1O[C@@H](O[C@H]2C(=O)c3c(O)cc(O)cc3O[C@H]2c2ccc(O)cc2)[C@H](O)[C@H](O)[C@H]1O. The first-order valence-corrected chi connectivity index (χ1v) is 9.58. The highest BCUT2D eigenvalue weighted by Gasteiger charge is 2.48. The molecule has 2 aliphatic rings. The summed E-state index contributed by atoms with van der Waals surface area (Å²) in [5.41, 5.74) is 0.195. The van der Waals surface area contributed by atoms with Gasteiger partial charge in [-0.3, -0.25) is 4.79 Å². The number of phenolic OH excluding ortho intramolecular Hbond substituents is 3. The van der Waals surface area contributed by atoms with E-state index >= 15 is 0 Å². The van der Waals surface area contributed by atoms with E-state index in [0.717, 1.165) is 6.07 Å². The van der Waals surface area contributed by atoms with E-state index in [2.05, 4.69) is 0 Å². The fourth-order valence-electron chi connectivity index (χ4n) is 3.72. The lowest BCUT2D eigenvalue weighted by molar-refractivity contribution is -0.304. The molecular formula is C21H22O10. The first-order chi connectivity index (χ1) is 14.7. The molecule has 0 radical (unpaired) electrons. The number of carbonyl (C=O) groups excluding carboxylic acids is 1. The van der Waals surface area contributed by atoms with Crippen molar-refractivity contribution in [2.45, 2.75) is 49.8 Å². The summed E-state index contributed by atoms with van der Waals surface area (Å²) in [7, 11) is 0. The van der Waals surface area contributed by atoms with E-state index in [4.69, 9.17) is 14.2 Å². The Bertz CT molecular complexity index is 975. The third-order valence-electron chi connectivity index (χ3n) is 5.41. The third kappa shape index (κ3) is 3.80. The number of fused-ring (bicyclic) bond motifs is 1. The molecule has 0 amide bonds. The molecule has 2 heterocycles. The number of aliphatic hydroxyl groups excluding tert-OH is 3. The standard InChI is InChI=1S/C21H22O10/c1-8-15(25)17(27)18(28)21(29-8)31-20-16(26)14-12(24)6-11(23)7-13(14)30-19(20)9-2-4-10(22)5-3-9/h2-8,15,17-25,27-28H,1H3/t8-,15+,17-,18-,19+,20+,21+/m1/s1. The van der Waals surface area contributed by atoms with Gasteiger partial charge in [-0.2, -0.15) is 0 Å². The van der Waals surface area contributed by atoms with Gasteiger partial charge in [-0.15, -0.1) is 0 Å². The summed E-state index contributed by atoms with van der Waals surface area (Å²) < 4.78 is 17.0. The van der Waals surface area contributed by atoms with Crippen LogP contribution >= 0.6 is 0 Å². The highest BCUT2D eigenvalue weighted by Crippen LogP contribution is 2.43. The van der Waals surface area contributed by atoms with Crippen LogP contribution in [0.15, 0.2) is 36.4 Å². The van der Waals surface area contributed by atoms with Gasteiger partial charge in [0.2, 0.25) is 5.78 Å². The predicted octanol–water partition coefficient (Wildman–Crippen LogP) is 0.332. The highest BCUT2D eigenvalue weighted by atomic mass is 16.7. The van der Waals surface area contributed by atoms with E-state index in [1.54, 1.807) is 0 Å². The van der Waals surface area contributed by atoms with Crippen LogP contribution in [0.1, 0.15) is 28.9 Å². The van der Waals surface area contributed by atoms with Gasteiger partial charge in [0, 0.05) is 12.1 Å². The molecule has 1 saturated heterocycles. The minimum atomic E-state index is -1.66. The number of rotatable bonds is 3. The monoisotopic (exact) mass is 434 g/mol. The number of aromatic hydroxyl groups is 3. The zero-order valence-electron chi connectivity index (χ0n) is 16.3. The fraction of sp³-hybridized carbons (Fsp3) is 0.381. The molecule has 31 heavy (non-hydrogen) atoms. The molecule has 166 valence electrons. The largest absolute Gasteiger partial charge is 0.508 e. The van der Waals surface area contributed by atoms with E-state index < -0.39 is 54.4 Å². The van der Waals surface area contributed by atoms with E-state index in [9.17, 15) is 35.4 Å². The summed E-state index contributed by atoms with van der Waals surface area (Å²) in [6.45, 7) is 1.47. The van der Waals surface area contributed by atoms with Crippen LogP contribution in [-0.4, -0.2) is 73.2 Å². The smallest absolute Gasteiger partial charge is 0.203 e. The Morgan fingerprint density at radius 3 is 2.26 bits per heavy atom. The van der Waals surface area contributed by atoms with Gasteiger partial charge in [0.25, 0.3) is 0 Å². The molecular weight excluding hydrogens is 412 g/mol. The molecule has 0 unspecified atom stereocenters. The van der Waals surface area contributed by atoms with E-state index in [1.165, 1.54) is 37.3 Å². The second kappa shape index (κ2) is 7.98. The van der Waals surface area contributed by atoms with Crippen LogP contribution in [0.25, 0.3) is 0 Å². The second-order valence-corrected chi connectivity index (χ2v) is 7.57. The van der Waals surface area contributed by atoms with Gasteiger partial charge in [0.15, 0.2) is 18.5 Å². The maximum atomic E-state index is 13.3. The number of hydrogen-bond acceptors (Lipinski definition) is 10. The Labute approximate surface area is 176 Å². The van der Waals surface area contributed by atoms with Crippen molar-refractivity contribution in [1.82, 2.24) is 0 Å². The molecule has 10 heteroatoms. The molecule has 0 spiro atoms. The van der Waals surface area contributed by atoms with Gasteiger partial charge < -0.3 is 44.8 Å². The number of benzene rings is 2. The van der Waals surface area contributed by atoms with Crippen LogP contribution < -0.4 is 4.74 Å². The van der Waals surface area contributed by atoms with Crippen molar-refractivity contribution in [3.8, 4) is 23.0 Å². The van der Waals surface area contributed by atoms with Crippen LogP contribution in [0, 0.1) is 0 Å². The number of Topliss-reactive ketones (excluding diaryl/α,β-unsaturated/α-hetero) is 1.